The standard InChI is InChI=1S/C19H28N6O.HI/c1-15-13-23-25(14-15)11-10-22-19(20-2)21-9-8-16-6-5-7-17(12-16)18(26)24(3)4;/h5-7,12-14H,8-11H2,1-4H3,(H2,20,21,22);1H. The zero-order chi connectivity index (χ0) is 18.9. The van der Waals surface area contributed by atoms with Gasteiger partial charge in [-0.05, 0) is 36.6 Å². The number of rotatable bonds is 7. The van der Waals surface area contributed by atoms with Crippen molar-refractivity contribution in [2.24, 2.45) is 4.99 Å². The predicted octanol–water partition coefficient (Wildman–Crippen LogP) is 1.92. The Bertz CT molecular complexity index is 756. The molecule has 7 nitrogen and oxygen atoms in total. The number of halogens is 1. The Morgan fingerprint density at radius 1 is 1.26 bits per heavy atom. The minimum Gasteiger partial charge on any atom is -0.356 e. The summed E-state index contributed by atoms with van der Waals surface area (Å²) in [6.45, 7) is 4.29. The van der Waals surface area contributed by atoms with Gasteiger partial charge in [0, 0.05) is 46.0 Å². The van der Waals surface area contributed by atoms with E-state index in [0.717, 1.165) is 43.1 Å². The molecular weight excluding hydrogens is 455 g/mol. The molecule has 27 heavy (non-hydrogen) atoms. The molecule has 148 valence electrons. The Balaban J connectivity index is 0.00000364. The number of nitrogens with zero attached hydrogens (tertiary/aromatic N) is 4. The van der Waals surface area contributed by atoms with Gasteiger partial charge in [-0.25, -0.2) is 0 Å². The lowest BCUT2D eigenvalue weighted by molar-refractivity contribution is 0.0827. The number of guanidine groups is 1. The van der Waals surface area contributed by atoms with Crippen molar-refractivity contribution in [2.45, 2.75) is 19.9 Å². The van der Waals surface area contributed by atoms with Crippen LogP contribution in [0.5, 0.6) is 0 Å². The zero-order valence-corrected chi connectivity index (χ0v) is 18.7. The summed E-state index contributed by atoms with van der Waals surface area (Å²) >= 11 is 0. The second-order valence-electron chi connectivity index (χ2n) is 6.36. The zero-order valence-electron chi connectivity index (χ0n) is 16.4. The highest BCUT2D eigenvalue weighted by Crippen LogP contribution is 2.07. The van der Waals surface area contributed by atoms with Gasteiger partial charge in [-0.3, -0.25) is 14.5 Å². The topological polar surface area (TPSA) is 74.6 Å². The average Bonchev–Trinajstić information content (AvgIpc) is 3.05. The molecule has 0 spiro atoms. The van der Waals surface area contributed by atoms with Crippen LogP contribution in [-0.2, 0) is 13.0 Å². The fourth-order valence-electron chi connectivity index (χ4n) is 2.54. The number of hydrogen-bond acceptors (Lipinski definition) is 3. The molecule has 0 aliphatic heterocycles. The van der Waals surface area contributed by atoms with E-state index in [1.807, 2.05) is 48.3 Å². The fourth-order valence-corrected chi connectivity index (χ4v) is 2.54. The molecule has 0 atom stereocenters. The van der Waals surface area contributed by atoms with E-state index in [9.17, 15) is 4.79 Å². The maximum absolute atomic E-state index is 12.0. The predicted molar refractivity (Wildman–Crippen MR) is 120 cm³/mol. The third-order valence-electron chi connectivity index (χ3n) is 3.91. The Labute approximate surface area is 178 Å². The number of hydrogen-bond donors (Lipinski definition) is 2. The quantitative estimate of drug-likeness (QED) is 0.358. The van der Waals surface area contributed by atoms with E-state index >= 15 is 0 Å². The van der Waals surface area contributed by atoms with Crippen LogP contribution in [0.4, 0.5) is 0 Å². The normalized spacial score (nSPS) is 10.9. The van der Waals surface area contributed by atoms with Gasteiger partial charge in [0.1, 0.15) is 0 Å². The van der Waals surface area contributed by atoms with Gasteiger partial charge in [-0.1, -0.05) is 12.1 Å². The van der Waals surface area contributed by atoms with Crippen molar-refractivity contribution < 1.29 is 4.79 Å². The summed E-state index contributed by atoms with van der Waals surface area (Å²) in [5, 5.41) is 10.8. The summed E-state index contributed by atoms with van der Waals surface area (Å²) in [7, 11) is 5.28. The van der Waals surface area contributed by atoms with Crippen LogP contribution in [0.15, 0.2) is 41.7 Å². The molecule has 1 aromatic heterocycles. The average molecular weight is 484 g/mol. The molecule has 0 radical (unpaired) electrons. The third-order valence-corrected chi connectivity index (χ3v) is 3.91. The second-order valence-corrected chi connectivity index (χ2v) is 6.36. The Morgan fingerprint density at radius 2 is 2.00 bits per heavy atom. The van der Waals surface area contributed by atoms with Gasteiger partial charge in [0.15, 0.2) is 5.96 Å². The minimum atomic E-state index is 0. The van der Waals surface area contributed by atoms with Crippen molar-refractivity contribution >= 4 is 35.8 Å². The molecule has 1 aromatic carbocycles. The van der Waals surface area contributed by atoms with Crippen molar-refractivity contribution in [3.63, 3.8) is 0 Å². The molecule has 0 aliphatic carbocycles. The molecule has 0 unspecified atom stereocenters. The minimum absolute atomic E-state index is 0. The highest BCUT2D eigenvalue weighted by molar-refractivity contribution is 14.0. The Morgan fingerprint density at radius 3 is 2.63 bits per heavy atom. The van der Waals surface area contributed by atoms with E-state index in [-0.39, 0.29) is 29.9 Å². The van der Waals surface area contributed by atoms with Gasteiger partial charge in [0.05, 0.1) is 12.7 Å². The molecule has 2 rings (SSSR count). The Kier molecular flexibility index (Phi) is 9.84. The third kappa shape index (κ3) is 7.58. The first-order chi connectivity index (χ1) is 12.5. The summed E-state index contributed by atoms with van der Waals surface area (Å²) in [5.74, 6) is 0.778. The molecule has 0 saturated carbocycles. The smallest absolute Gasteiger partial charge is 0.253 e. The SMILES string of the molecule is CN=C(NCCc1cccc(C(=O)N(C)C)c1)NCCn1cc(C)cn1.I. The molecule has 0 saturated heterocycles. The lowest BCUT2D eigenvalue weighted by atomic mass is 10.1. The number of aromatic nitrogens is 2. The monoisotopic (exact) mass is 484 g/mol. The van der Waals surface area contributed by atoms with E-state index in [0.29, 0.717) is 5.56 Å². The van der Waals surface area contributed by atoms with Crippen LogP contribution in [0.3, 0.4) is 0 Å². The first kappa shape index (κ1) is 22.9. The van der Waals surface area contributed by atoms with E-state index in [1.54, 1.807) is 26.0 Å². The van der Waals surface area contributed by atoms with Crippen LogP contribution in [0, 0.1) is 6.92 Å². The maximum atomic E-state index is 12.0. The van der Waals surface area contributed by atoms with Crippen molar-refractivity contribution in [1.29, 1.82) is 0 Å². The van der Waals surface area contributed by atoms with Crippen LogP contribution in [0.25, 0.3) is 0 Å². The highest BCUT2D eigenvalue weighted by Gasteiger charge is 2.08. The largest absolute Gasteiger partial charge is 0.356 e. The van der Waals surface area contributed by atoms with Crippen LogP contribution in [-0.4, -0.2) is 60.8 Å². The van der Waals surface area contributed by atoms with Gasteiger partial charge in [0.2, 0.25) is 0 Å². The van der Waals surface area contributed by atoms with Crippen molar-refractivity contribution in [2.75, 3.05) is 34.2 Å². The number of benzene rings is 1. The Hall–Kier alpha value is -2.10. The number of carbonyl (C=O) groups is 1. The summed E-state index contributed by atoms with van der Waals surface area (Å²) in [5.41, 5.74) is 2.99. The van der Waals surface area contributed by atoms with E-state index in [1.165, 1.54) is 0 Å². The van der Waals surface area contributed by atoms with E-state index in [4.69, 9.17) is 0 Å². The molecule has 0 aliphatic rings. The maximum Gasteiger partial charge on any atom is 0.253 e. The number of carbonyl (C=O) groups excluding carboxylic acids is 1. The van der Waals surface area contributed by atoms with Crippen LogP contribution < -0.4 is 10.6 Å². The highest BCUT2D eigenvalue weighted by atomic mass is 127. The van der Waals surface area contributed by atoms with Crippen LogP contribution in [0.2, 0.25) is 0 Å². The van der Waals surface area contributed by atoms with Crippen molar-refractivity contribution in [1.82, 2.24) is 25.3 Å². The molecule has 2 N–H and O–H groups in total. The van der Waals surface area contributed by atoms with Crippen LogP contribution >= 0.6 is 24.0 Å². The lowest BCUT2D eigenvalue weighted by Crippen LogP contribution is -2.39. The second kappa shape index (κ2) is 11.6. The first-order valence-electron chi connectivity index (χ1n) is 8.73. The fraction of sp³-hybridized carbons (Fsp3) is 0.421. The van der Waals surface area contributed by atoms with Crippen molar-refractivity contribution in [3.05, 3.63) is 53.3 Å². The molecule has 8 heteroatoms. The van der Waals surface area contributed by atoms with Gasteiger partial charge in [-0.15, -0.1) is 24.0 Å². The van der Waals surface area contributed by atoms with Gasteiger partial charge in [0.25, 0.3) is 5.91 Å². The summed E-state index contributed by atoms with van der Waals surface area (Å²) in [6.07, 6.45) is 4.68. The number of nitrogens with one attached hydrogen (secondary N) is 2. The number of amides is 1. The van der Waals surface area contributed by atoms with Crippen molar-refractivity contribution in [3.8, 4) is 0 Å². The van der Waals surface area contributed by atoms with E-state index in [2.05, 4.69) is 20.7 Å². The molecular formula is C19H29IN6O. The van der Waals surface area contributed by atoms with Gasteiger partial charge < -0.3 is 15.5 Å². The summed E-state index contributed by atoms with van der Waals surface area (Å²) in [4.78, 5) is 17.9. The summed E-state index contributed by atoms with van der Waals surface area (Å²) < 4.78 is 1.91. The number of aliphatic imine (C=N–C) groups is 1. The van der Waals surface area contributed by atoms with Gasteiger partial charge >= 0.3 is 0 Å². The summed E-state index contributed by atoms with van der Waals surface area (Å²) in [6, 6.07) is 7.74. The molecule has 0 fully saturated rings. The lowest BCUT2D eigenvalue weighted by Gasteiger charge is -2.13. The molecule has 2 aromatic rings. The van der Waals surface area contributed by atoms with E-state index < -0.39 is 0 Å². The first-order valence-corrected chi connectivity index (χ1v) is 8.73. The molecule has 1 amide bonds. The van der Waals surface area contributed by atoms with Crippen LogP contribution in [0.1, 0.15) is 21.5 Å². The molecule has 1 heterocycles. The number of aryl methyl sites for hydroxylation is 1. The molecule has 0 bridgehead atoms. The van der Waals surface area contributed by atoms with Gasteiger partial charge in [-0.2, -0.15) is 5.10 Å².